The Labute approximate surface area is 90.9 Å². The highest BCUT2D eigenvalue weighted by Gasteiger charge is 2.24. The molecule has 1 unspecified atom stereocenters. The van der Waals surface area contributed by atoms with E-state index in [9.17, 15) is 0 Å². The fourth-order valence-electron chi connectivity index (χ4n) is 1.67. The molecule has 1 aliphatic heterocycles. The Morgan fingerprint density at radius 2 is 1.93 bits per heavy atom. The van der Waals surface area contributed by atoms with Crippen molar-refractivity contribution in [1.82, 2.24) is 0 Å². The second kappa shape index (κ2) is 4.05. The van der Waals surface area contributed by atoms with Crippen LogP contribution in [0.2, 0.25) is 0 Å². The van der Waals surface area contributed by atoms with Crippen LogP contribution in [0, 0.1) is 12.8 Å². The van der Waals surface area contributed by atoms with E-state index < -0.39 is 0 Å². The minimum Gasteiger partial charge on any atom is -0.392 e. The van der Waals surface area contributed by atoms with Crippen LogP contribution in [-0.4, -0.2) is 11.8 Å². The zero-order valence-electron chi connectivity index (χ0n) is 9.53. The Hall–Kier alpha value is -1.31. The van der Waals surface area contributed by atoms with Crippen LogP contribution in [0.5, 0.6) is 0 Å². The molecule has 0 amide bonds. The molecule has 1 heterocycles. The van der Waals surface area contributed by atoms with E-state index in [4.69, 9.17) is 4.84 Å². The first-order chi connectivity index (χ1) is 7.16. The molecule has 1 atom stereocenters. The van der Waals surface area contributed by atoms with Crippen LogP contribution in [0.15, 0.2) is 29.4 Å². The molecule has 0 aliphatic carbocycles. The van der Waals surface area contributed by atoms with E-state index in [-0.39, 0.29) is 6.10 Å². The number of nitrogens with zero attached hydrogens (tertiary/aromatic N) is 1. The molecule has 1 aliphatic rings. The lowest BCUT2D eigenvalue weighted by Crippen LogP contribution is -2.15. The largest absolute Gasteiger partial charge is 0.392 e. The van der Waals surface area contributed by atoms with Crippen LogP contribution < -0.4 is 0 Å². The van der Waals surface area contributed by atoms with Gasteiger partial charge in [0, 0.05) is 6.42 Å². The molecule has 0 N–H and O–H groups in total. The number of hydrogen-bond donors (Lipinski definition) is 0. The van der Waals surface area contributed by atoms with Crippen molar-refractivity contribution in [2.24, 2.45) is 11.1 Å². The van der Waals surface area contributed by atoms with Gasteiger partial charge in [-0.05, 0) is 18.4 Å². The zero-order chi connectivity index (χ0) is 10.8. The molecule has 2 heteroatoms. The van der Waals surface area contributed by atoms with E-state index in [1.807, 2.05) is 0 Å². The number of hydrogen-bond acceptors (Lipinski definition) is 2. The molecule has 15 heavy (non-hydrogen) atoms. The summed E-state index contributed by atoms with van der Waals surface area (Å²) in [5.74, 6) is 0.525. The zero-order valence-corrected chi connectivity index (χ0v) is 9.53. The average Bonchev–Trinajstić information content (AvgIpc) is 2.68. The van der Waals surface area contributed by atoms with Gasteiger partial charge in [0.2, 0.25) is 0 Å². The Kier molecular flexibility index (Phi) is 2.76. The first-order valence-electron chi connectivity index (χ1n) is 5.46. The van der Waals surface area contributed by atoms with Gasteiger partial charge in [0.25, 0.3) is 0 Å². The third-order valence-electron chi connectivity index (χ3n) is 2.82. The van der Waals surface area contributed by atoms with Crippen LogP contribution >= 0.6 is 0 Å². The maximum Gasteiger partial charge on any atom is 0.135 e. The van der Waals surface area contributed by atoms with Crippen molar-refractivity contribution >= 4 is 5.71 Å². The quantitative estimate of drug-likeness (QED) is 0.723. The van der Waals surface area contributed by atoms with Crippen molar-refractivity contribution in [2.75, 3.05) is 0 Å². The monoisotopic (exact) mass is 203 g/mol. The smallest absolute Gasteiger partial charge is 0.135 e. The standard InChI is InChI=1S/C13H17NO/c1-9(2)13-8-12(14-15-13)11-6-4-10(3)5-7-11/h4-7,9,13H,8H2,1-3H3. The van der Waals surface area contributed by atoms with Gasteiger partial charge in [0.1, 0.15) is 6.10 Å². The number of aryl methyl sites for hydroxylation is 1. The second-order valence-corrected chi connectivity index (χ2v) is 4.50. The summed E-state index contributed by atoms with van der Waals surface area (Å²) in [5, 5.41) is 4.15. The van der Waals surface area contributed by atoms with E-state index in [1.54, 1.807) is 0 Å². The molecule has 0 spiro atoms. The fourth-order valence-corrected chi connectivity index (χ4v) is 1.67. The van der Waals surface area contributed by atoms with Crippen LogP contribution in [0.25, 0.3) is 0 Å². The van der Waals surface area contributed by atoms with Gasteiger partial charge >= 0.3 is 0 Å². The normalized spacial score (nSPS) is 20.3. The number of benzene rings is 1. The Balaban J connectivity index is 2.11. The summed E-state index contributed by atoms with van der Waals surface area (Å²) >= 11 is 0. The highest BCUT2D eigenvalue weighted by molar-refractivity contribution is 6.01. The summed E-state index contributed by atoms with van der Waals surface area (Å²) in [6, 6.07) is 8.45. The topological polar surface area (TPSA) is 21.6 Å². The molecule has 0 fully saturated rings. The van der Waals surface area contributed by atoms with Crippen molar-refractivity contribution in [1.29, 1.82) is 0 Å². The Morgan fingerprint density at radius 1 is 1.27 bits per heavy atom. The maximum atomic E-state index is 5.40. The highest BCUT2D eigenvalue weighted by Crippen LogP contribution is 2.21. The first-order valence-corrected chi connectivity index (χ1v) is 5.46. The number of rotatable bonds is 2. The first kappa shape index (κ1) is 10.2. The molecular formula is C13H17NO. The van der Waals surface area contributed by atoms with E-state index in [1.165, 1.54) is 11.1 Å². The molecule has 80 valence electrons. The average molecular weight is 203 g/mol. The molecule has 1 aromatic carbocycles. The van der Waals surface area contributed by atoms with Crippen LogP contribution in [0.3, 0.4) is 0 Å². The molecule has 2 rings (SSSR count). The van der Waals surface area contributed by atoms with Crippen LogP contribution in [0.4, 0.5) is 0 Å². The summed E-state index contributed by atoms with van der Waals surface area (Å²) < 4.78 is 0. The summed E-state index contributed by atoms with van der Waals surface area (Å²) in [4.78, 5) is 5.40. The van der Waals surface area contributed by atoms with Gasteiger partial charge in [0.05, 0.1) is 5.71 Å². The van der Waals surface area contributed by atoms with Crippen LogP contribution in [-0.2, 0) is 4.84 Å². The highest BCUT2D eigenvalue weighted by atomic mass is 16.6. The third-order valence-corrected chi connectivity index (χ3v) is 2.82. The Bertz CT molecular complexity index is 365. The van der Waals surface area contributed by atoms with Crippen molar-refractivity contribution in [3.05, 3.63) is 35.4 Å². The number of oxime groups is 1. The fraction of sp³-hybridized carbons (Fsp3) is 0.462. The summed E-state index contributed by atoms with van der Waals surface area (Å²) in [5.41, 5.74) is 3.54. The summed E-state index contributed by atoms with van der Waals surface area (Å²) in [6.07, 6.45) is 1.18. The SMILES string of the molecule is Cc1ccc(C2=NOC(C(C)C)C2)cc1. The van der Waals surface area contributed by atoms with Gasteiger partial charge in [-0.1, -0.05) is 48.8 Å². The summed E-state index contributed by atoms with van der Waals surface area (Å²) in [7, 11) is 0. The van der Waals surface area contributed by atoms with E-state index in [0.29, 0.717) is 5.92 Å². The van der Waals surface area contributed by atoms with Crippen molar-refractivity contribution in [3.8, 4) is 0 Å². The lowest BCUT2D eigenvalue weighted by molar-refractivity contribution is 0.0521. The third kappa shape index (κ3) is 2.20. The molecular weight excluding hydrogens is 186 g/mol. The van der Waals surface area contributed by atoms with E-state index in [2.05, 4.69) is 50.2 Å². The van der Waals surface area contributed by atoms with E-state index >= 15 is 0 Å². The van der Waals surface area contributed by atoms with Crippen molar-refractivity contribution in [3.63, 3.8) is 0 Å². The lowest BCUT2D eigenvalue weighted by atomic mass is 9.98. The van der Waals surface area contributed by atoms with Gasteiger partial charge in [-0.3, -0.25) is 0 Å². The predicted octanol–water partition coefficient (Wildman–Crippen LogP) is 3.14. The van der Waals surface area contributed by atoms with Gasteiger partial charge in [0.15, 0.2) is 0 Å². The molecule has 0 saturated carbocycles. The summed E-state index contributed by atoms with van der Waals surface area (Å²) in [6.45, 7) is 6.42. The van der Waals surface area contributed by atoms with Gasteiger partial charge < -0.3 is 4.84 Å². The molecule has 0 aromatic heterocycles. The van der Waals surface area contributed by atoms with Gasteiger partial charge in [-0.2, -0.15) is 0 Å². The molecule has 2 nitrogen and oxygen atoms in total. The van der Waals surface area contributed by atoms with Crippen LogP contribution in [0.1, 0.15) is 31.4 Å². The molecule has 0 saturated heterocycles. The van der Waals surface area contributed by atoms with Gasteiger partial charge in [-0.25, -0.2) is 0 Å². The molecule has 0 radical (unpaired) electrons. The second-order valence-electron chi connectivity index (χ2n) is 4.50. The van der Waals surface area contributed by atoms with Crippen molar-refractivity contribution < 1.29 is 4.84 Å². The van der Waals surface area contributed by atoms with Crippen molar-refractivity contribution in [2.45, 2.75) is 33.3 Å². The van der Waals surface area contributed by atoms with Gasteiger partial charge in [-0.15, -0.1) is 0 Å². The minimum absolute atomic E-state index is 0.251. The molecule has 0 bridgehead atoms. The predicted molar refractivity (Wildman–Crippen MR) is 62.0 cm³/mol. The molecule has 1 aromatic rings. The lowest BCUT2D eigenvalue weighted by Gasteiger charge is -2.10. The minimum atomic E-state index is 0.251. The Morgan fingerprint density at radius 3 is 2.47 bits per heavy atom. The maximum absolute atomic E-state index is 5.40. The van der Waals surface area contributed by atoms with E-state index in [0.717, 1.165) is 12.1 Å².